The lowest BCUT2D eigenvalue weighted by Gasteiger charge is -2.32. The van der Waals surface area contributed by atoms with Gasteiger partial charge in [0.15, 0.2) is 0 Å². The van der Waals surface area contributed by atoms with E-state index >= 15 is 0 Å². The molecule has 4 aromatic rings. The molecule has 6 rings (SSSR count). The van der Waals surface area contributed by atoms with E-state index < -0.39 is 22.9 Å². The molecule has 0 aliphatic carbocycles. The number of hydrogen-bond acceptors (Lipinski definition) is 9. The Balaban J connectivity index is 1.06. The summed E-state index contributed by atoms with van der Waals surface area (Å²) in [5.41, 5.74) is 1.76. The number of thioether (sulfide) groups is 1. The number of nitrogens with zero attached hydrogens (tertiary/aromatic N) is 4. The molecule has 0 atom stereocenters. The highest BCUT2D eigenvalue weighted by molar-refractivity contribution is 8.18. The zero-order valence-electron chi connectivity index (χ0n) is 26.2. The van der Waals surface area contributed by atoms with Gasteiger partial charge in [-0.1, -0.05) is 42.5 Å². The van der Waals surface area contributed by atoms with Crippen LogP contribution in [-0.4, -0.2) is 51.6 Å². The van der Waals surface area contributed by atoms with Gasteiger partial charge in [-0.2, -0.15) is 13.2 Å². The Bertz CT molecular complexity index is 1880. The van der Waals surface area contributed by atoms with Gasteiger partial charge in [-0.25, -0.2) is 9.97 Å². The molecular formula is C35H32F3N7O3S. The Morgan fingerprint density at radius 2 is 1.78 bits per heavy atom. The number of carbonyl (C=O) groups excluding carboxylic acids is 3. The van der Waals surface area contributed by atoms with E-state index in [0.29, 0.717) is 48.9 Å². The van der Waals surface area contributed by atoms with Crippen molar-refractivity contribution >= 4 is 40.8 Å². The highest BCUT2D eigenvalue weighted by Crippen LogP contribution is 2.33. The first-order chi connectivity index (χ1) is 23.6. The number of anilines is 1. The summed E-state index contributed by atoms with van der Waals surface area (Å²) in [5, 5.41) is 7.93. The Kier molecular flexibility index (Phi) is 10.3. The van der Waals surface area contributed by atoms with Crippen LogP contribution in [0.15, 0.2) is 83.9 Å². The molecule has 2 aliphatic heterocycles. The monoisotopic (exact) mass is 687 g/mol. The molecule has 2 fully saturated rings. The fourth-order valence-electron chi connectivity index (χ4n) is 5.58. The average Bonchev–Trinajstić information content (AvgIpc) is 3.43. The van der Waals surface area contributed by atoms with Gasteiger partial charge < -0.3 is 15.5 Å². The smallest absolute Gasteiger partial charge is 0.348 e. The molecule has 0 saturated carbocycles. The standard InChI is InChI=1S/C35H32F3N7O3S/c36-35(37,38)26-16-28(42-29(17-26)24-7-4-8-25(15-24)31(46)41-20-22-5-2-1-3-6-22)21-39-19-23-10-13-45(14-11-23)33-40-12-9-27(43-33)18-30-32(47)44-34(48)49-30/h1-9,12,15-18,23,39H,10-11,13-14,19-21H2,(H,41,46)(H,44,47,48). The van der Waals surface area contributed by atoms with Crippen molar-refractivity contribution < 1.29 is 27.6 Å². The number of benzene rings is 2. The van der Waals surface area contributed by atoms with E-state index in [1.54, 1.807) is 42.6 Å². The molecule has 3 N–H and O–H groups in total. The number of piperidine rings is 1. The second-order valence-electron chi connectivity index (χ2n) is 11.7. The summed E-state index contributed by atoms with van der Waals surface area (Å²) < 4.78 is 41.8. The minimum absolute atomic E-state index is 0.134. The number of halogens is 3. The van der Waals surface area contributed by atoms with Gasteiger partial charge >= 0.3 is 6.18 Å². The molecule has 0 unspecified atom stereocenters. The van der Waals surface area contributed by atoms with Crippen molar-refractivity contribution in [3.63, 3.8) is 0 Å². The van der Waals surface area contributed by atoms with Crippen molar-refractivity contribution in [3.8, 4) is 11.3 Å². The first kappa shape index (κ1) is 33.8. The van der Waals surface area contributed by atoms with Gasteiger partial charge in [0.2, 0.25) is 5.95 Å². The van der Waals surface area contributed by atoms with Gasteiger partial charge in [0, 0.05) is 43.5 Å². The lowest BCUT2D eigenvalue weighted by atomic mass is 9.97. The quantitative estimate of drug-likeness (QED) is 0.177. The third kappa shape index (κ3) is 8.89. The lowest BCUT2D eigenvalue weighted by molar-refractivity contribution is -0.137. The van der Waals surface area contributed by atoms with E-state index in [1.807, 2.05) is 35.2 Å². The molecule has 2 saturated heterocycles. The number of alkyl halides is 3. The van der Waals surface area contributed by atoms with E-state index in [0.717, 1.165) is 42.3 Å². The highest BCUT2D eigenvalue weighted by Gasteiger charge is 2.32. The maximum Gasteiger partial charge on any atom is 0.416 e. The van der Waals surface area contributed by atoms with Crippen LogP contribution in [0.4, 0.5) is 23.9 Å². The van der Waals surface area contributed by atoms with Crippen LogP contribution in [0.5, 0.6) is 0 Å². The second-order valence-corrected chi connectivity index (χ2v) is 12.7. The number of rotatable bonds is 10. The van der Waals surface area contributed by atoms with Gasteiger partial charge in [-0.3, -0.25) is 24.7 Å². The summed E-state index contributed by atoms with van der Waals surface area (Å²) in [6.45, 7) is 2.42. The normalized spacial score (nSPS) is 16.2. The van der Waals surface area contributed by atoms with Crippen molar-refractivity contribution in [1.29, 1.82) is 0 Å². The SMILES string of the molecule is O=C1NC(=O)C(=Cc2ccnc(N3CCC(CNCc4cc(C(F)(F)F)cc(-c5cccc(C(=O)NCc6ccccc6)c5)n4)CC3)n2)S1. The topological polar surface area (TPSA) is 129 Å². The van der Waals surface area contributed by atoms with Crippen molar-refractivity contribution in [2.75, 3.05) is 24.5 Å². The molecule has 2 aromatic heterocycles. The molecule has 49 heavy (non-hydrogen) atoms. The maximum absolute atomic E-state index is 13.9. The van der Waals surface area contributed by atoms with E-state index in [1.165, 1.54) is 0 Å². The van der Waals surface area contributed by atoms with E-state index in [-0.39, 0.29) is 34.7 Å². The maximum atomic E-state index is 13.9. The van der Waals surface area contributed by atoms with Crippen LogP contribution in [0.2, 0.25) is 0 Å². The largest absolute Gasteiger partial charge is 0.416 e. The van der Waals surface area contributed by atoms with Crippen LogP contribution in [0.1, 0.15) is 45.7 Å². The number of carbonyl (C=O) groups is 3. The van der Waals surface area contributed by atoms with Crippen molar-refractivity contribution in [2.45, 2.75) is 32.1 Å². The van der Waals surface area contributed by atoms with Crippen LogP contribution in [0.3, 0.4) is 0 Å². The lowest BCUT2D eigenvalue weighted by Crippen LogP contribution is -2.38. The Hall–Kier alpha value is -5.08. The van der Waals surface area contributed by atoms with E-state index in [9.17, 15) is 27.6 Å². The molecule has 14 heteroatoms. The molecule has 0 bridgehead atoms. The van der Waals surface area contributed by atoms with Crippen LogP contribution in [0.25, 0.3) is 17.3 Å². The minimum Gasteiger partial charge on any atom is -0.348 e. The number of imide groups is 1. The van der Waals surface area contributed by atoms with Gasteiger partial charge in [0.05, 0.1) is 27.6 Å². The van der Waals surface area contributed by atoms with Crippen LogP contribution >= 0.6 is 11.8 Å². The van der Waals surface area contributed by atoms with Crippen molar-refractivity contribution in [1.82, 2.24) is 30.9 Å². The summed E-state index contributed by atoms with van der Waals surface area (Å²) >= 11 is 0.826. The predicted molar refractivity (Wildman–Crippen MR) is 180 cm³/mol. The molecule has 252 valence electrons. The minimum atomic E-state index is -4.57. The summed E-state index contributed by atoms with van der Waals surface area (Å²) in [5.74, 6) is 0.0157. The predicted octanol–water partition coefficient (Wildman–Crippen LogP) is 5.82. The van der Waals surface area contributed by atoms with Gasteiger partial charge in [0.25, 0.3) is 17.1 Å². The number of aromatic nitrogens is 3. The first-order valence-corrected chi connectivity index (χ1v) is 16.5. The van der Waals surface area contributed by atoms with Gasteiger partial charge in [0.1, 0.15) is 0 Å². The summed E-state index contributed by atoms with van der Waals surface area (Å²) in [6.07, 6.45) is 0.221. The summed E-state index contributed by atoms with van der Waals surface area (Å²) in [4.78, 5) is 51.9. The number of pyridine rings is 1. The van der Waals surface area contributed by atoms with E-state index in [4.69, 9.17) is 0 Å². The number of nitrogens with one attached hydrogen (secondary N) is 3. The van der Waals surface area contributed by atoms with E-state index in [2.05, 4.69) is 30.9 Å². The number of amides is 3. The Morgan fingerprint density at radius 1 is 0.980 bits per heavy atom. The summed E-state index contributed by atoms with van der Waals surface area (Å²) in [6, 6.07) is 19.6. The zero-order valence-corrected chi connectivity index (χ0v) is 27.0. The molecule has 0 spiro atoms. The first-order valence-electron chi connectivity index (χ1n) is 15.6. The highest BCUT2D eigenvalue weighted by atomic mass is 32.2. The Morgan fingerprint density at radius 3 is 2.51 bits per heavy atom. The fraction of sp³-hybridized carbons (Fsp3) is 0.257. The van der Waals surface area contributed by atoms with Gasteiger partial charge in [-0.15, -0.1) is 0 Å². The van der Waals surface area contributed by atoms with Crippen molar-refractivity contribution in [2.24, 2.45) is 5.92 Å². The third-order valence-corrected chi connectivity index (χ3v) is 8.95. The van der Waals surface area contributed by atoms with Gasteiger partial charge in [-0.05, 0) is 79.0 Å². The zero-order chi connectivity index (χ0) is 34.4. The summed E-state index contributed by atoms with van der Waals surface area (Å²) in [7, 11) is 0. The molecule has 4 heterocycles. The van der Waals surface area contributed by atoms with Crippen LogP contribution < -0.4 is 20.9 Å². The molecule has 2 aliphatic rings. The molecule has 10 nitrogen and oxygen atoms in total. The molecular weight excluding hydrogens is 655 g/mol. The van der Waals surface area contributed by atoms with Crippen LogP contribution in [-0.2, 0) is 24.1 Å². The molecule has 0 radical (unpaired) electrons. The van der Waals surface area contributed by atoms with Crippen molar-refractivity contribution in [3.05, 3.63) is 112 Å². The Labute approximate surface area is 284 Å². The fourth-order valence-corrected chi connectivity index (χ4v) is 6.25. The average molecular weight is 688 g/mol. The third-order valence-electron chi connectivity index (χ3n) is 8.14. The van der Waals surface area contributed by atoms with Crippen LogP contribution in [0, 0.1) is 5.92 Å². The molecule has 3 amide bonds. The molecule has 2 aromatic carbocycles. The number of hydrogen-bond donors (Lipinski definition) is 3. The second kappa shape index (κ2) is 15.0.